The van der Waals surface area contributed by atoms with Crippen molar-refractivity contribution in [3.8, 4) is 0 Å². The lowest BCUT2D eigenvalue weighted by atomic mass is 10.2. The van der Waals surface area contributed by atoms with Gasteiger partial charge in [0.15, 0.2) is 0 Å². The summed E-state index contributed by atoms with van der Waals surface area (Å²) in [5.74, 6) is 0. The molecular weight excluding hydrogens is 144 g/mol. The summed E-state index contributed by atoms with van der Waals surface area (Å²) >= 11 is 0. The van der Waals surface area contributed by atoms with Gasteiger partial charge in [0, 0.05) is 0 Å². The summed E-state index contributed by atoms with van der Waals surface area (Å²) in [6, 6.07) is 0. The largest absolute Gasteiger partial charge is 0.0991 e. The van der Waals surface area contributed by atoms with E-state index in [2.05, 4.69) is 31.7 Å². The zero-order chi connectivity index (χ0) is 9.07. The van der Waals surface area contributed by atoms with Crippen molar-refractivity contribution < 1.29 is 0 Å². The van der Waals surface area contributed by atoms with Crippen LogP contribution >= 0.6 is 0 Å². The summed E-state index contributed by atoms with van der Waals surface area (Å²) in [4.78, 5) is 0. The highest BCUT2D eigenvalue weighted by atomic mass is 13.9. The van der Waals surface area contributed by atoms with Crippen LogP contribution in [-0.2, 0) is 0 Å². The maximum absolute atomic E-state index is 3.61. The minimum atomic E-state index is 1.04. The third kappa shape index (κ3) is 9.22. The van der Waals surface area contributed by atoms with E-state index in [0.717, 1.165) is 6.42 Å². The van der Waals surface area contributed by atoms with Gasteiger partial charge in [-0.3, -0.25) is 0 Å². The molecule has 0 aromatic carbocycles. The van der Waals surface area contributed by atoms with Crippen LogP contribution in [-0.4, -0.2) is 0 Å². The molecule has 0 aromatic rings. The topological polar surface area (TPSA) is 0 Å². The second kappa shape index (κ2) is 10.2. The van der Waals surface area contributed by atoms with Crippen LogP contribution in [0.25, 0.3) is 0 Å². The maximum atomic E-state index is 3.61. The molecule has 0 nitrogen and oxygen atoms in total. The molecule has 0 heteroatoms. The third-order valence-corrected chi connectivity index (χ3v) is 1.69. The number of allylic oxidation sites excluding steroid dienone is 5. The molecule has 0 atom stereocenters. The fourth-order valence-electron chi connectivity index (χ4n) is 0.980. The molecule has 0 aliphatic carbocycles. The Morgan fingerprint density at radius 3 is 2.58 bits per heavy atom. The van der Waals surface area contributed by atoms with Crippen LogP contribution in [0.4, 0.5) is 0 Å². The third-order valence-electron chi connectivity index (χ3n) is 1.69. The molecule has 0 radical (unpaired) electrons. The van der Waals surface area contributed by atoms with Gasteiger partial charge >= 0.3 is 0 Å². The Kier molecular flexibility index (Phi) is 9.56. The molecule has 12 heavy (non-hydrogen) atoms. The molecule has 0 saturated heterocycles. The molecular formula is C12H20. The quantitative estimate of drug-likeness (QED) is 0.300. The Morgan fingerprint density at radius 1 is 1.08 bits per heavy atom. The summed E-state index contributed by atoms with van der Waals surface area (Å²) < 4.78 is 0. The van der Waals surface area contributed by atoms with Crippen LogP contribution in [0.15, 0.2) is 37.0 Å². The summed E-state index contributed by atoms with van der Waals surface area (Å²) in [6.07, 6.45) is 16.7. The molecule has 0 aliphatic heterocycles. The molecule has 0 aliphatic rings. The SMILES string of the molecule is C=CC=CCC=CCCCCC. The fraction of sp³-hybridized carbons (Fsp3) is 0.500. The first-order chi connectivity index (χ1) is 5.91. The van der Waals surface area contributed by atoms with Crippen LogP contribution in [0.1, 0.15) is 39.0 Å². The van der Waals surface area contributed by atoms with Gasteiger partial charge in [0.2, 0.25) is 0 Å². The van der Waals surface area contributed by atoms with Crippen molar-refractivity contribution in [3.05, 3.63) is 37.0 Å². The summed E-state index contributed by atoms with van der Waals surface area (Å²) in [6.45, 7) is 5.84. The van der Waals surface area contributed by atoms with Crippen LogP contribution in [0.5, 0.6) is 0 Å². The highest BCUT2D eigenvalue weighted by Gasteiger charge is 1.80. The Balaban J connectivity index is 3.14. The average molecular weight is 164 g/mol. The van der Waals surface area contributed by atoms with Gasteiger partial charge in [-0.15, -0.1) is 0 Å². The predicted molar refractivity (Wildman–Crippen MR) is 57.2 cm³/mol. The van der Waals surface area contributed by atoms with E-state index in [4.69, 9.17) is 0 Å². The van der Waals surface area contributed by atoms with E-state index in [0.29, 0.717) is 0 Å². The standard InChI is InChI=1S/C12H20/c1-3-5-7-9-11-12-10-8-6-4-2/h3,5,7,11-12H,1,4,6,8-10H2,2H3. The molecule has 0 aromatic heterocycles. The second-order valence-electron chi connectivity index (χ2n) is 2.87. The van der Waals surface area contributed by atoms with E-state index in [-0.39, 0.29) is 0 Å². The lowest BCUT2D eigenvalue weighted by Gasteiger charge is -1.90. The van der Waals surface area contributed by atoms with Gasteiger partial charge in [0.25, 0.3) is 0 Å². The number of unbranched alkanes of at least 4 members (excludes halogenated alkanes) is 3. The summed E-state index contributed by atoms with van der Waals surface area (Å²) in [7, 11) is 0. The average Bonchev–Trinajstić information content (AvgIpc) is 2.10. The number of hydrogen-bond donors (Lipinski definition) is 0. The highest BCUT2D eigenvalue weighted by Crippen LogP contribution is 2.00. The Bertz CT molecular complexity index is 140. The lowest BCUT2D eigenvalue weighted by molar-refractivity contribution is 0.728. The lowest BCUT2D eigenvalue weighted by Crippen LogP contribution is -1.70. The zero-order valence-corrected chi connectivity index (χ0v) is 8.13. The number of hydrogen-bond acceptors (Lipinski definition) is 0. The van der Waals surface area contributed by atoms with Gasteiger partial charge in [-0.1, -0.05) is 56.7 Å². The Labute approximate surface area is 76.7 Å². The van der Waals surface area contributed by atoms with Gasteiger partial charge in [0.05, 0.1) is 0 Å². The van der Waals surface area contributed by atoms with E-state index < -0.39 is 0 Å². The van der Waals surface area contributed by atoms with Gasteiger partial charge < -0.3 is 0 Å². The zero-order valence-electron chi connectivity index (χ0n) is 8.13. The number of rotatable bonds is 7. The van der Waals surface area contributed by atoms with E-state index in [1.807, 2.05) is 12.2 Å². The molecule has 0 heterocycles. The van der Waals surface area contributed by atoms with E-state index in [1.54, 1.807) is 0 Å². The minimum Gasteiger partial charge on any atom is -0.0991 e. The molecule has 0 fully saturated rings. The first-order valence-electron chi connectivity index (χ1n) is 4.84. The fourth-order valence-corrected chi connectivity index (χ4v) is 0.980. The van der Waals surface area contributed by atoms with Crippen molar-refractivity contribution in [2.24, 2.45) is 0 Å². The molecule has 68 valence electrons. The molecule has 0 spiro atoms. The van der Waals surface area contributed by atoms with Crippen molar-refractivity contribution >= 4 is 0 Å². The summed E-state index contributed by atoms with van der Waals surface area (Å²) in [5.41, 5.74) is 0. The van der Waals surface area contributed by atoms with Gasteiger partial charge in [-0.05, 0) is 19.3 Å². The first-order valence-corrected chi connectivity index (χ1v) is 4.84. The van der Waals surface area contributed by atoms with Crippen molar-refractivity contribution in [3.63, 3.8) is 0 Å². The van der Waals surface area contributed by atoms with E-state index in [9.17, 15) is 0 Å². The maximum Gasteiger partial charge on any atom is -0.0166 e. The Hall–Kier alpha value is -0.780. The minimum absolute atomic E-state index is 1.04. The molecule has 0 bridgehead atoms. The predicted octanol–water partition coefficient (Wildman–Crippen LogP) is 4.26. The van der Waals surface area contributed by atoms with Crippen LogP contribution in [0.3, 0.4) is 0 Å². The highest BCUT2D eigenvalue weighted by molar-refractivity contribution is 5.00. The molecule has 0 unspecified atom stereocenters. The van der Waals surface area contributed by atoms with Crippen molar-refractivity contribution in [2.45, 2.75) is 39.0 Å². The van der Waals surface area contributed by atoms with Gasteiger partial charge in [-0.25, -0.2) is 0 Å². The molecule has 0 saturated carbocycles. The summed E-state index contributed by atoms with van der Waals surface area (Å²) in [5, 5.41) is 0. The van der Waals surface area contributed by atoms with Gasteiger partial charge in [0.1, 0.15) is 0 Å². The second-order valence-corrected chi connectivity index (χ2v) is 2.87. The van der Waals surface area contributed by atoms with E-state index >= 15 is 0 Å². The van der Waals surface area contributed by atoms with Crippen LogP contribution in [0.2, 0.25) is 0 Å². The van der Waals surface area contributed by atoms with E-state index in [1.165, 1.54) is 25.7 Å². The Morgan fingerprint density at radius 2 is 1.92 bits per heavy atom. The van der Waals surface area contributed by atoms with Crippen LogP contribution in [0, 0.1) is 0 Å². The van der Waals surface area contributed by atoms with Gasteiger partial charge in [-0.2, -0.15) is 0 Å². The monoisotopic (exact) mass is 164 g/mol. The molecule has 0 rings (SSSR count). The van der Waals surface area contributed by atoms with Crippen molar-refractivity contribution in [1.82, 2.24) is 0 Å². The smallest absolute Gasteiger partial charge is 0.0166 e. The van der Waals surface area contributed by atoms with Crippen molar-refractivity contribution in [1.29, 1.82) is 0 Å². The first kappa shape index (κ1) is 11.2. The van der Waals surface area contributed by atoms with Crippen molar-refractivity contribution in [2.75, 3.05) is 0 Å². The molecule has 0 N–H and O–H groups in total. The van der Waals surface area contributed by atoms with Crippen LogP contribution < -0.4 is 0 Å². The molecule has 0 amide bonds. The normalized spacial score (nSPS) is 11.4.